The summed E-state index contributed by atoms with van der Waals surface area (Å²) in [6.07, 6.45) is 5.33. The van der Waals surface area contributed by atoms with Crippen molar-refractivity contribution in [3.63, 3.8) is 0 Å². The number of rotatable bonds is 2. The van der Waals surface area contributed by atoms with E-state index in [1.807, 2.05) is 41.1 Å². The van der Waals surface area contributed by atoms with Crippen molar-refractivity contribution in [1.29, 1.82) is 0 Å². The SMILES string of the molecule is O=c1[nH]ccc2ccn(Cc3ccccn3)c12. The smallest absolute Gasteiger partial charge is 0.272 e. The summed E-state index contributed by atoms with van der Waals surface area (Å²) in [4.78, 5) is 18.7. The largest absolute Gasteiger partial charge is 0.337 e. The molecule has 0 bridgehead atoms. The molecular formula is C13H11N3O. The minimum atomic E-state index is -0.0663. The van der Waals surface area contributed by atoms with Gasteiger partial charge in [0, 0.05) is 24.0 Å². The van der Waals surface area contributed by atoms with Crippen LogP contribution in [0.3, 0.4) is 0 Å². The third kappa shape index (κ3) is 1.73. The highest BCUT2D eigenvalue weighted by Crippen LogP contribution is 2.11. The van der Waals surface area contributed by atoms with Gasteiger partial charge in [0.25, 0.3) is 5.56 Å². The number of fused-ring (bicyclic) bond motifs is 1. The van der Waals surface area contributed by atoms with Crippen LogP contribution in [0, 0.1) is 0 Å². The van der Waals surface area contributed by atoms with Crippen molar-refractivity contribution >= 4 is 10.9 Å². The quantitative estimate of drug-likeness (QED) is 0.722. The Morgan fingerprint density at radius 2 is 2.18 bits per heavy atom. The fraction of sp³-hybridized carbons (Fsp3) is 0.0769. The first kappa shape index (κ1) is 9.84. The predicted molar refractivity (Wildman–Crippen MR) is 65.9 cm³/mol. The summed E-state index contributed by atoms with van der Waals surface area (Å²) in [5, 5.41) is 0.949. The van der Waals surface area contributed by atoms with Crippen LogP contribution in [0.15, 0.2) is 53.7 Å². The van der Waals surface area contributed by atoms with Gasteiger partial charge >= 0.3 is 0 Å². The van der Waals surface area contributed by atoms with Crippen molar-refractivity contribution < 1.29 is 0 Å². The molecule has 3 heterocycles. The van der Waals surface area contributed by atoms with Gasteiger partial charge in [-0.2, -0.15) is 0 Å². The number of aromatic nitrogens is 3. The minimum Gasteiger partial charge on any atom is -0.337 e. The molecular weight excluding hydrogens is 214 g/mol. The summed E-state index contributed by atoms with van der Waals surface area (Å²) in [6.45, 7) is 0.609. The Balaban J connectivity index is 2.10. The topological polar surface area (TPSA) is 50.7 Å². The van der Waals surface area contributed by atoms with E-state index >= 15 is 0 Å². The third-order valence-corrected chi connectivity index (χ3v) is 2.75. The Labute approximate surface area is 97.6 Å². The van der Waals surface area contributed by atoms with Gasteiger partial charge in [-0.3, -0.25) is 9.78 Å². The van der Waals surface area contributed by atoms with Crippen molar-refractivity contribution in [3.05, 3.63) is 65.0 Å². The molecule has 0 atom stereocenters. The number of H-pyrrole nitrogens is 1. The number of aromatic amines is 1. The highest BCUT2D eigenvalue weighted by Gasteiger charge is 2.05. The highest BCUT2D eigenvalue weighted by molar-refractivity contribution is 5.78. The van der Waals surface area contributed by atoms with Gasteiger partial charge in [0.1, 0.15) is 5.52 Å². The average Bonchev–Trinajstić information content (AvgIpc) is 2.75. The molecule has 84 valence electrons. The summed E-state index contributed by atoms with van der Waals surface area (Å²) in [7, 11) is 0. The van der Waals surface area contributed by atoms with Crippen LogP contribution in [0.5, 0.6) is 0 Å². The second-order valence-electron chi connectivity index (χ2n) is 3.88. The lowest BCUT2D eigenvalue weighted by molar-refractivity contribution is 0.803. The van der Waals surface area contributed by atoms with Crippen molar-refractivity contribution in [2.75, 3.05) is 0 Å². The standard InChI is InChI=1S/C13H11N3O/c17-13-12-10(4-7-15-13)5-8-16(12)9-11-3-1-2-6-14-11/h1-8H,9H2,(H,15,17). The molecule has 4 heteroatoms. The zero-order valence-corrected chi connectivity index (χ0v) is 9.13. The Morgan fingerprint density at radius 1 is 1.24 bits per heavy atom. The molecule has 0 aliphatic heterocycles. The first-order chi connectivity index (χ1) is 8.34. The van der Waals surface area contributed by atoms with E-state index in [1.54, 1.807) is 12.4 Å². The normalized spacial score (nSPS) is 10.8. The molecule has 3 rings (SSSR count). The van der Waals surface area contributed by atoms with Gasteiger partial charge in [0.05, 0.1) is 12.2 Å². The molecule has 0 amide bonds. The predicted octanol–water partition coefficient (Wildman–Crippen LogP) is 1.77. The van der Waals surface area contributed by atoms with E-state index in [4.69, 9.17) is 0 Å². The van der Waals surface area contributed by atoms with Crippen LogP contribution in [0.25, 0.3) is 10.9 Å². The van der Waals surface area contributed by atoms with Crippen LogP contribution >= 0.6 is 0 Å². The van der Waals surface area contributed by atoms with E-state index in [1.165, 1.54) is 0 Å². The molecule has 0 radical (unpaired) electrons. The fourth-order valence-corrected chi connectivity index (χ4v) is 1.96. The molecule has 4 nitrogen and oxygen atoms in total. The van der Waals surface area contributed by atoms with E-state index < -0.39 is 0 Å². The maximum absolute atomic E-state index is 11.8. The third-order valence-electron chi connectivity index (χ3n) is 2.75. The van der Waals surface area contributed by atoms with Gasteiger partial charge in [-0.1, -0.05) is 6.07 Å². The van der Waals surface area contributed by atoms with Crippen LogP contribution in [-0.2, 0) is 6.54 Å². The van der Waals surface area contributed by atoms with Crippen molar-refractivity contribution in [2.45, 2.75) is 6.54 Å². The zero-order valence-electron chi connectivity index (χ0n) is 9.13. The van der Waals surface area contributed by atoms with Crippen molar-refractivity contribution in [2.24, 2.45) is 0 Å². The first-order valence-corrected chi connectivity index (χ1v) is 5.41. The molecule has 0 fully saturated rings. The Morgan fingerprint density at radius 3 is 3.00 bits per heavy atom. The lowest BCUT2D eigenvalue weighted by atomic mass is 10.3. The first-order valence-electron chi connectivity index (χ1n) is 5.41. The maximum Gasteiger partial charge on any atom is 0.272 e. The number of hydrogen-bond acceptors (Lipinski definition) is 2. The van der Waals surface area contributed by atoms with Gasteiger partial charge in [-0.25, -0.2) is 0 Å². The molecule has 3 aromatic rings. The molecule has 0 aromatic carbocycles. The molecule has 0 spiro atoms. The lowest BCUT2D eigenvalue weighted by Crippen LogP contribution is -2.10. The summed E-state index contributed by atoms with van der Waals surface area (Å²) < 4.78 is 1.91. The zero-order chi connectivity index (χ0) is 11.7. The molecule has 17 heavy (non-hydrogen) atoms. The molecule has 0 aliphatic carbocycles. The summed E-state index contributed by atoms with van der Waals surface area (Å²) in [5.41, 5.74) is 1.56. The Bertz CT molecular complexity index is 697. The number of pyridine rings is 2. The average molecular weight is 225 g/mol. The van der Waals surface area contributed by atoms with E-state index in [0.717, 1.165) is 11.1 Å². The van der Waals surface area contributed by atoms with Crippen molar-refractivity contribution in [1.82, 2.24) is 14.5 Å². The molecule has 0 saturated carbocycles. The monoisotopic (exact) mass is 225 g/mol. The van der Waals surface area contributed by atoms with E-state index in [9.17, 15) is 4.79 Å². The molecule has 0 aliphatic rings. The van der Waals surface area contributed by atoms with Gasteiger partial charge in [-0.05, 0) is 24.3 Å². The van der Waals surface area contributed by atoms with E-state index in [-0.39, 0.29) is 5.56 Å². The van der Waals surface area contributed by atoms with Crippen LogP contribution in [0.4, 0.5) is 0 Å². The molecule has 1 N–H and O–H groups in total. The Kier molecular flexibility index (Phi) is 2.26. The van der Waals surface area contributed by atoms with Gasteiger partial charge < -0.3 is 9.55 Å². The van der Waals surface area contributed by atoms with E-state index in [2.05, 4.69) is 9.97 Å². The molecule has 0 unspecified atom stereocenters. The minimum absolute atomic E-state index is 0.0663. The van der Waals surface area contributed by atoms with Crippen LogP contribution < -0.4 is 5.56 Å². The second-order valence-corrected chi connectivity index (χ2v) is 3.88. The van der Waals surface area contributed by atoms with Crippen LogP contribution in [0.1, 0.15) is 5.69 Å². The van der Waals surface area contributed by atoms with Gasteiger partial charge in [-0.15, -0.1) is 0 Å². The highest BCUT2D eigenvalue weighted by atomic mass is 16.1. The number of nitrogens with one attached hydrogen (secondary N) is 1. The number of hydrogen-bond donors (Lipinski definition) is 1. The van der Waals surface area contributed by atoms with Crippen molar-refractivity contribution in [3.8, 4) is 0 Å². The fourth-order valence-electron chi connectivity index (χ4n) is 1.96. The van der Waals surface area contributed by atoms with E-state index in [0.29, 0.717) is 12.1 Å². The summed E-state index contributed by atoms with van der Waals surface area (Å²) in [5.74, 6) is 0. The maximum atomic E-state index is 11.8. The molecule has 0 saturated heterocycles. The Hall–Kier alpha value is -2.36. The molecule has 3 aromatic heterocycles. The van der Waals surface area contributed by atoms with Crippen LogP contribution in [-0.4, -0.2) is 14.5 Å². The summed E-state index contributed by atoms with van der Waals surface area (Å²) in [6, 6.07) is 9.60. The lowest BCUT2D eigenvalue weighted by Gasteiger charge is -2.03. The second kappa shape index (κ2) is 3.90. The summed E-state index contributed by atoms with van der Waals surface area (Å²) >= 11 is 0. The number of nitrogens with zero attached hydrogens (tertiary/aromatic N) is 2. The van der Waals surface area contributed by atoms with Gasteiger partial charge in [0.2, 0.25) is 0 Å². The van der Waals surface area contributed by atoms with Crippen LogP contribution in [0.2, 0.25) is 0 Å². The van der Waals surface area contributed by atoms with Gasteiger partial charge in [0.15, 0.2) is 0 Å².